The third-order valence-corrected chi connectivity index (χ3v) is 5.90. The first-order chi connectivity index (χ1) is 14.2. The summed E-state index contributed by atoms with van der Waals surface area (Å²) in [5.74, 6) is -2.20. The second kappa shape index (κ2) is 8.76. The van der Waals surface area contributed by atoms with Crippen LogP contribution in [-0.2, 0) is 23.5 Å². The first-order valence-electron chi connectivity index (χ1n) is 9.05. The van der Waals surface area contributed by atoms with E-state index in [2.05, 4.69) is 4.72 Å². The van der Waals surface area contributed by atoms with E-state index in [9.17, 15) is 22.0 Å². The summed E-state index contributed by atoms with van der Waals surface area (Å²) >= 11 is 0. The number of aromatic nitrogens is 1. The van der Waals surface area contributed by atoms with Gasteiger partial charge in [0.15, 0.2) is 0 Å². The highest BCUT2D eigenvalue weighted by atomic mass is 32.2. The van der Waals surface area contributed by atoms with Crippen LogP contribution < -0.4 is 4.72 Å². The highest BCUT2D eigenvalue weighted by Crippen LogP contribution is 2.21. The fourth-order valence-electron chi connectivity index (χ4n) is 3.04. The molecule has 1 aromatic heterocycles. The van der Waals surface area contributed by atoms with Crippen molar-refractivity contribution in [1.82, 2.24) is 4.57 Å². The van der Waals surface area contributed by atoms with Crippen LogP contribution in [0.4, 0.5) is 14.5 Å². The molecule has 0 atom stereocenters. The Hall–Kier alpha value is -3.04. The lowest BCUT2D eigenvalue weighted by molar-refractivity contribution is 0.102. The summed E-state index contributed by atoms with van der Waals surface area (Å²) in [6.07, 6.45) is 0.149. The summed E-state index contributed by atoms with van der Waals surface area (Å²) < 4.78 is 55.6. The second-order valence-electron chi connectivity index (χ2n) is 6.71. The number of halogens is 2. The zero-order valence-corrected chi connectivity index (χ0v) is 16.9. The van der Waals surface area contributed by atoms with Crippen LogP contribution in [0.5, 0.6) is 0 Å². The molecule has 0 saturated heterocycles. The van der Waals surface area contributed by atoms with E-state index >= 15 is 0 Å². The number of nitrogens with zero attached hydrogens (tertiary/aromatic N) is 1. The van der Waals surface area contributed by atoms with Gasteiger partial charge in [-0.3, -0.25) is 9.52 Å². The topological polar surface area (TPSA) is 88.4 Å². The smallest absolute Gasteiger partial charge is 0.234 e. The minimum Gasteiger partial charge on any atom is -0.395 e. The van der Waals surface area contributed by atoms with Crippen LogP contribution in [0, 0.1) is 11.6 Å². The number of hydrogen-bond acceptors (Lipinski definition) is 4. The third-order valence-electron chi connectivity index (χ3n) is 4.63. The number of benzene rings is 2. The molecule has 0 bridgehead atoms. The molecule has 3 aromatic rings. The molecule has 158 valence electrons. The van der Waals surface area contributed by atoms with Crippen molar-refractivity contribution in [1.29, 1.82) is 0 Å². The van der Waals surface area contributed by atoms with Gasteiger partial charge in [-0.25, -0.2) is 17.2 Å². The number of sulfonamides is 1. The van der Waals surface area contributed by atoms with Crippen molar-refractivity contribution in [3.63, 3.8) is 0 Å². The van der Waals surface area contributed by atoms with Crippen LogP contribution in [-0.4, -0.2) is 36.2 Å². The van der Waals surface area contributed by atoms with Crippen LogP contribution in [0.3, 0.4) is 0 Å². The van der Waals surface area contributed by atoms with Gasteiger partial charge in [-0.2, -0.15) is 0 Å². The van der Waals surface area contributed by atoms with Gasteiger partial charge in [0.1, 0.15) is 11.6 Å². The minimum atomic E-state index is -3.75. The molecular weight excluding hydrogens is 414 g/mol. The summed E-state index contributed by atoms with van der Waals surface area (Å²) in [6.45, 7) is -0.544. The molecule has 2 N–H and O–H groups in total. The largest absolute Gasteiger partial charge is 0.395 e. The van der Waals surface area contributed by atoms with E-state index in [1.807, 2.05) is 0 Å². The van der Waals surface area contributed by atoms with Crippen molar-refractivity contribution in [2.75, 3.05) is 17.1 Å². The van der Waals surface area contributed by atoms with Crippen molar-refractivity contribution < 1.29 is 27.1 Å². The Kier molecular flexibility index (Phi) is 6.33. The quantitative estimate of drug-likeness (QED) is 0.534. The van der Waals surface area contributed by atoms with Gasteiger partial charge in [0, 0.05) is 19.2 Å². The lowest BCUT2D eigenvalue weighted by Gasteiger charge is -2.11. The summed E-state index contributed by atoms with van der Waals surface area (Å²) in [4.78, 5) is 12.6. The van der Waals surface area contributed by atoms with Gasteiger partial charge < -0.3 is 9.67 Å². The zero-order chi connectivity index (χ0) is 21.9. The number of ketones is 1. The summed E-state index contributed by atoms with van der Waals surface area (Å²) in [5, 5.41) is 8.76. The first kappa shape index (κ1) is 21.7. The highest BCUT2D eigenvalue weighted by Gasteiger charge is 2.19. The molecule has 0 aliphatic heterocycles. The van der Waals surface area contributed by atoms with Crippen molar-refractivity contribution in [2.24, 2.45) is 7.05 Å². The van der Waals surface area contributed by atoms with E-state index < -0.39 is 39.8 Å². The number of anilines is 1. The van der Waals surface area contributed by atoms with Gasteiger partial charge in [-0.1, -0.05) is 18.2 Å². The lowest BCUT2D eigenvalue weighted by Crippen LogP contribution is -2.19. The molecule has 1 heterocycles. The summed E-state index contributed by atoms with van der Waals surface area (Å²) in [6, 6.07) is 12.8. The van der Waals surface area contributed by atoms with Crippen molar-refractivity contribution in [3.05, 3.63) is 88.7 Å². The monoisotopic (exact) mass is 434 g/mol. The number of aliphatic hydroxyl groups is 1. The van der Waals surface area contributed by atoms with Crippen LogP contribution in [0.15, 0.2) is 54.6 Å². The lowest BCUT2D eigenvalue weighted by atomic mass is 10.1. The Morgan fingerprint density at radius 2 is 1.80 bits per heavy atom. The Labute approximate surface area is 172 Å². The molecule has 3 rings (SSSR count). The van der Waals surface area contributed by atoms with Gasteiger partial charge >= 0.3 is 0 Å². The summed E-state index contributed by atoms with van der Waals surface area (Å²) in [5.41, 5.74) is 1.19. The van der Waals surface area contributed by atoms with Crippen molar-refractivity contribution in [3.8, 4) is 0 Å². The molecule has 0 amide bonds. The molecule has 6 nitrogen and oxygen atoms in total. The molecule has 0 saturated carbocycles. The van der Waals surface area contributed by atoms with E-state index in [4.69, 9.17) is 5.11 Å². The standard InChI is InChI=1S/C21H20F2N2O4S/c1-25-16(8-9-20(25)21(27)17-4-2-3-5-18(17)22)12-14-6-7-15(13-19(14)23)24-30(28,29)11-10-26/h2-9,13,24,26H,10-12H2,1H3. The number of carbonyl (C=O) groups excluding carboxylic acids is 1. The van der Waals surface area contributed by atoms with Gasteiger partial charge in [0.25, 0.3) is 0 Å². The van der Waals surface area contributed by atoms with Crippen LogP contribution >= 0.6 is 0 Å². The van der Waals surface area contributed by atoms with Gasteiger partial charge in [-0.15, -0.1) is 0 Å². The maximum Gasteiger partial charge on any atom is 0.234 e. The molecule has 30 heavy (non-hydrogen) atoms. The fraction of sp³-hybridized carbons (Fsp3) is 0.190. The second-order valence-corrected chi connectivity index (χ2v) is 8.55. The molecule has 0 radical (unpaired) electrons. The number of nitrogens with one attached hydrogen (secondary N) is 1. The SMILES string of the molecule is Cn1c(Cc2ccc(NS(=O)(=O)CCO)cc2F)ccc1C(=O)c1ccccc1F. The molecule has 0 spiro atoms. The Bertz CT molecular complexity index is 1190. The van der Waals surface area contributed by atoms with E-state index in [1.165, 1.54) is 30.3 Å². The van der Waals surface area contributed by atoms with Gasteiger partial charge in [0.2, 0.25) is 15.8 Å². The van der Waals surface area contributed by atoms with E-state index in [0.29, 0.717) is 11.3 Å². The van der Waals surface area contributed by atoms with Crippen LogP contribution in [0.2, 0.25) is 0 Å². The molecule has 0 aliphatic carbocycles. The van der Waals surface area contributed by atoms with Crippen molar-refractivity contribution >= 4 is 21.5 Å². The average Bonchev–Trinajstić information content (AvgIpc) is 3.04. The number of hydrogen-bond donors (Lipinski definition) is 2. The molecule has 2 aromatic carbocycles. The van der Waals surface area contributed by atoms with E-state index in [-0.39, 0.29) is 23.4 Å². The average molecular weight is 434 g/mol. The third kappa shape index (κ3) is 4.74. The zero-order valence-electron chi connectivity index (χ0n) is 16.1. The van der Waals surface area contributed by atoms with Crippen LogP contribution in [0.1, 0.15) is 27.3 Å². The van der Waals surface area contributed by atoms with Gasteiger partial charge in [-0.05, 0) is 42.0 Å². The Morgan fingerprint density at radius 3 is 2.47 bits per heavy atom. The predicted molar refractivity (Wildman–Crippen MR) is 109 cm³/mol. The first-order valence-corrected chi connectivity index (χ1v) is 10.7. The van der Waals surface area contributed by atoms with Gasteiger partial charge in [0.05, 0.1) is 29.3 Å². The fourth-order valence-corrected chi connectivity index (χ4v) is 3.87. The molecule has 0 aliphatic rings. The number of aliphatic hydroxyl groups excluding tert-OH is 1. The maximum atomic E-state index is 14.5. The van der Waals surface area contributed by atoms with E-state index in [0.717, 1.165) is 6.07 Å². The summed E-state index contributed by atoms with van der Waals surface area (Å²) in [7, 11) is -2.12. The van der Waals surface area contributed by atoms with Crippen molar-refractivity contribution in [2.45, 2.75) is 6.42 Å². The normalized spacial score (nSPS) is 11.5. The molecule has 0 unspecified atom stereocenters. The number of carbonyl (C=O) groups is 1. The number of rotatable bonds is 8. The molecular formula is C21H20F2N2O4S. The van der Waals surface area contributed by atoms with Crippen LogP contribution in [0.25, 0.3) is 0 Å². The van der Waals surface area contributed by atoms with E-state index in [1.54, 1.807) is 29.8 Å². The minimum absolute atomic E-state index is 0.0454. The highest BCUT2D eigenvalue weighted by molar-refractivity contribution is 7.92. The molecule has 0 fully saturated rings. The predicted octanol–water partition coefficient (Wildman–Crippen LogP) is 2.86. The molecule has 9 heteroatoms. The Morgan fingerprint density at radius 1 is 1.07 bits per heavy atom. The Balaban J connectivity index is 1.81. The maximum absolute atomic E-state index is 14.5.